The van der Waals surface area contributed by atoms with E-state index in [4.69, 9.17) is 4.74 Å². The summed E-state index contributed by atoms with van der Waals surface area (Å²) in [5.74, 6) is 0.635. The number of carbonyl (C=O) groups excluding carboxylic acids is 1. The average Bonchev–Trinajstić information content (AvgIpc) is 3.12. The van der Waals surface area contributed by atoms with Gasteiger partial charge in [0.25, 0.3) is 5.91 Å². The second kappa shape index (κ2) is 8.58. The van der Waals surface area contributed by atoms with Gasteiger partial charge in [0.1, 0.15) is 10.8 Å². The van der Waals surface area contributed by atoms with Crippen molar-refractivity contribution >= 4 is 22.4 Å². The molecule has 0 fully saturated rings. The van der Waals surface area contributed by atoms with Crippen LogP contribution in [-0.2, 0) is 0 Å². The molecule has 1 unspecified atom stereocenters. The lowest BCUT2D eigenvalue weighted by atomic mass is 9.97. The predicted octanol–water partition coefficient (Wildman–Crippen LogP) is 4.73. The largest absolute Gasteiger partial charge is 0.494 e. The molecule has 0 spiro atoms. The Morgan fingerprint density at radius 3 is 2.65 bits per heavy atom. The number of nitrogens with one attached hydrogen (secondary N) is 1. The quantitative estimate of drug-likeness (QED) is 0.656. The van der Waals surface area contributed by atoms with E-state index in [1.165, 1.54) is 16.9 Å². The number of anilines is 1. The van der Waals surface area contributed by atoms with Gasteiger partial charge in [-0.3, -0.25) is 10.1 Å². The van der Waals surface area contributed by atoms with Crippen molar-refractivity contribution in [1.82, 2.24) is 10.2 Å². The summed E-state index contributed by atoms with van der Waals surface area (Å²) in [6.07, 6.45) is 0.920. The summed E-state index contributed by atoms with van der Waals surface area (Å²) in [5.41, 5.74) is 1.73. The van der Waals surface area contributed by atoms with Crippen molar-refractivity contribution in [3.8, 4) is 5.75 Å². The number of ether oxygens (including phenoxy) is 1. The van der Waals surface area contributed by atoms with Crippen LogP contribution >= 0.6 is 11.3 Å². The Morgan fingerprint density at radius 1 is 1.12 bits per heavy atom. The number of amides is 1. The number of nitrogens with zero attached hydrogens (tertiary/aromatic N) is 2. The maximum absolute atomic E-state index is 12.5. The first kappa shape index (κ1) is 18.1. The van der Waals surface area contributed by atoms with E-state index >= 15 is 0 Å². The third-order valence-corrected chi connectivity index (χ3v) is 4.93. The van der Waals surface area contributed by atoms with E-state index in [0.29, 0.717) is 23.1 Å². The molecule has 1 amide bonds. The number of aromatic nitrogens is 2. The minimum absolute atomic E-state index is 0.181. The summed E-state index contributed by atoms with van der Waals surface area (Å²) < 4.78 is 5.44. The average molecular weight is 367 g/mol. The number of benzene rings is 2. The van der Waals surface area contributed by atoms with Crippen LogP contribution in [0.4, 0.5) is 5.13 Å². The summed E-state index contributed by atoms with van der Waals surface area (Å²) in [7, 11) is 0. The highest BCUT2D eigenvalue weighted by Gasteiger charge is 2.18. The van der Waals surface area contributed by atoms with E-state index in [-0.39, 0.29) is 11.8 Å². The van der Waals surface area contributed by atoms with Gasteiger partial charge in [0.15, 0.2) is 0 Å². The second-order valence-corrected chi connectivity index (χ2v) is 6.74. The van der Waals surface area contributed by atoms with Crippen LogP contribution in [0.1, 0.15) is 47.1 Å². The standard InChI is InChI=1S/C20H21N3O2S/c1-3-17(14-9-6-5-7-10-14)19-22-23-20(26-19)21-18(24)15-11-8-12-16(13-15)25-4-2/h5-13,17H,3-4H2,1-2H3,(H,21,23,24). The Balaban J connectivity index is 1.73. The fourth-order valence-electron chi connectivity index (χ4n) is 2.73. The molecule has 0 saturated carbocycles. The molecule has 0 saturated heterocycles. The first-order valence-corrected chi connectivity index (χ1v) is 9.45. The summed E-state index contributed by atoms with van der Waals surface area (Å²) in [5, 5.41) is 12.7. The fourth-order valence-corrected chi connectivity index (χ4v) is 3.68. The molecule has 6 heteroatoms. The van der Waals surface area contributed by atoms with Gasteiger partial charge >= 0.3 is 0 Å². The molecular weight excluding hydrogens is 346 g/mol. The molecule has 134 valence electrons. The molecule has 2 aromatic carbocycles. The molecule has 1 heterocycles. The van der Waals surface area contributed by atoms with Crippen LogP contribution in [0.3, 0.4) is 0 Å². The van der Waals surface area contributed by atoms with Gasteiger partial charge in [0.2, 0.25) is 5.13 Å². The molecule has 3 aromatic rings. The number of hydrogen-bond acceptors (Lipinski definition) is 5. The summed E-state index contributed by atoms with van der Waals surface area (Å²) >= 11 is 1.41. The zero-order chi connectivity index (χ0) is 18.4. The minimum atomic E-state index is -0.220. The van der Waals surface area contributed by atoms with Gasteiger partial charge in [-0.25, -0.2) is 0 Å². The van der Waals surface area contributed by atoms with Gasteiger partial charge < -0.3 is 4.74 Å². The molecule has 0 aliphatic heterocycles. The smallest absolute Gasteiger partial charge is 0.257 e. The van der Waals surface area contributed by atoms with E-state index in [2.05, 4.69) is 34.6 Å². The Labute approximate surface area is 157 Å². The molecule has 5 nitrogen and oxygen atoms in total. The highest BCUT2D eigenvalue weighted by molar-refractivity contribution is 7.15. The molecule has 26 heavy (non-hydrogen) atoms. The van der Waals surface area contributed by atoms with Crippen LogP contribution in [0, 0.1) is 0 Å². The fraction of sp³-hybridized carbons (Fsp3) is 0.250. The van der Waals surface area contributed by atoms with E-state index in [1.807, 2.05) is 31.2 Å². The maximum Gasteiger partial charge on any atom is 0.257 e. The third kappa shape index (κ3) is 4.26. The first-order chi connectivity index (χ1) is 12.7. The van der Waals surface area contributed by atoms with Crippen molar-refractivity contribution in [2.45, 2.75) is 26.2 Å². The van der Waals surface area contributed by atoms with Crippen molar-refractivity contribution < 1.29 is 9.53 Å². The second-order valence-electron chi connectivity index (χ2n) is 5.73. The van der Waals surface area contributed by atoms with Crippen LogP contribution in [0.25, 0.3) is 0 Å². The van der Waals surface area contributed by atoms with Crippen LogP contribution < -0.4 is 10.1 Å². The zero-order valence-corrected chi connectivity index (χ0v) is 15.6. The van der Waals surface area contributed by atoms with Crippen LogP contribution in [0.2, 0.25) is 0 Å². The van der Waals surface area contributed by atoms with Gasteiger partial charge in [0.05, 0.1) is 6.61 Å². The minimum Gasteiger partial charge on any atom is -0.494 e. The van der Waals surface area contributed by atoms with Crippen molar-refractivity contribution in [1.29, 1.82) is 0 Å². The molecule has 1 aromatic heterocycles. The number of hydrogen-bond donors (Lipinski definition) is 1. The van der Waals surface area contributed by atoms with E-state index in [9.17, 15) is 4.79 Å². The van der Waals surface area contributed by atoms with Gasteiger partial charge in [-0.15, -0.1) is 10.2 Å². The van der Waals surface area contributed by atoms with Crippen molar-refractivity contribution in [2.24, 2.45) is 0 Å². The number of carbonyl (C=O) groups is 1. The monoisotopic (exact) mass is 367 g/mol. The molecule has 1 atom stereocenters. The van der Waals surface area contributed by atoms with Crippen molar-refractivity contribution in [2.75, 3.05) is 11.9 Å². The Hall–Kier alpha value is -2.73. The van der Waals surface area contributed by atoms with Crippen LogP contribution in [0.15, 0.2) is 54.6 Å². The highest BCUT2D eigenvalue weighted by atomic mass is 32.1. The Bertz CT molecular complexity index is 864. The summed E-state index contributed by atoms with van der Waals surface area (Å²) in [6.45, 7) is 4.59. The van der Waals surface area contributed by atoms with Gasteiger partial charge in [-0.1, -0.05) is 54.7 Å². The van der Waals surface area contributed by atoms with Crippen molar-refractivity contribution in [3.05, 3.63) is 70.7 Å². The van der Waals surface area contributed by atoms with Gasteiger partial charge in [0, 0.05) is 11.5 Å². The number of rotatable bonds is 7. The first-order valence-electron chi connectivity index (χ1n) is 8.63. The third-order valence-electron chi connectivity index (χ3n) is 3.98. The molecule has 0 aliphatic rings. The van der Waals surface area contributed by atoms with Crippen LogP contribution in [-0.4, -0.2) is 22.7 Å². The molecule has 1 N–H and O–H groups in total. The zero-order valence-electron chi connectivity index (χ0n) is 14.8. The lowest BCUT2D eigenvalue weighted by molar-refractivity contribution is 0.102. The lowest BCUT2D eigenvalue weighted by Crippen LogP contribution is -2.11. The molecule has 0 radical (unpaired) electrons. The normalized spacial score (nSPS) is 11.8. The summed E-state index contributed by atoms with van der Waals surface area (Å²) in [4.78, 5) is 12.5. The topological polar surface area (TPSA) is 64.1 Å². The maximum atomic E-state index is 12.5. The molecule has 3 rings (SSSR count). The van der Waals surface area contributed by atoms with Gasteiger partial charge in [-0.2, -0.15) is 0 Å². The predicted molar refractivity (Wildman–Crippen MR) is 104 cm³/mol. The summed E-state index contributed by atoms with van der Waals surface area (Å²) in [6, 6.07) is 17.3. The SMILES string of the molecule is CCOc1cccc(C(=O)Nc2nnc(C(CC)c3ccccc3)s2)c1. The molecule has 0 bridgehead atoms. The van der Waals surface area contributed by atoms with E-state index < -0.39 is 0 Å². The molecular formula is C20H21N3O2S. The highest BCUT2D eigenvalue weighted by Crippen LogP contribution is 2.31. The van der Waals surface area contributed by atoms with E-state index in [1.54, 1.807) is 18.2 Å². The lowest BCUT2D eigenvalue weighted by Gasteiger charge is -2.11. The Kier molecular flexibility index (Phi) is 5.96. The Morgan fingerprint density at radius 2 is 1.92 bits per heavy atom. The molecule has 0 aliphatic carbocycles. The van der Waals surface area contributed by atoms with Crippen LogP contribution in [0.5, 0.6) is 5.75 Å². The van der Waals surface area contributed by atoms with E-state index in [0.717, 1.165) is 11.4 Å². The van der Waals surface area contributed by atoms with Crippen molar-refractivity contribution in [3.63, 3.8) is 0 Å². The van der Waals surface area contributed by atoms with Gasteiger partial charge in [-0.05, 0) is 37.1 Å².